The molecule has 2 aliphatic rings. The van der Waals surface area contributed by atoms with Gasteiger partial charge in [0.1, 0.15) is 22.7 Å². The Labute approximate surface area is 183 Å². The molecule has 1 saturated carbocycles. The molecule has 7 nitrogen and oxygen atoms in total. The maximum Gasteiger partial charge on any atom is 0.272 e. The van der Waals surface area contributed by atoms with Gasteiger partial charge in [0.2, 0.25) is 0 Å². The van der Waals surface area contributed by atoms with E-state index in [2.05, 4.69) is 25.4 Å². The van der Waals surface area contributed by atoms with Crippen LogP contribution in [0.3, 0.4) is 0 Å². The zero-order valence-electron chi connectivity index (χ0n) is 17.7. The van der Waals surface area contributed by atoms with Crippen LogP contribution in [0.2, 0.25) is 0 Å². The molecule has 5 rings (SSSR count). The second-order valence-electron chi connectivity index (χ2n) is 8.57. The summed E-state index contributed by atoms with van der Waals surface area (Å²) in [6.07, 6.45) is 7.05. The number of rotatable bonds is 5. The fourth-order valence-corrected chi connectivity index (χ4v) is 4.57. The van der Waals surface area contributed by atoms with Gasteiger partial charge in [-0.3, -0.25) is 9.80 Å². The average Bonchev–Trinajstić information content (AvgIpc) is 3.52. The summed E-state index contributed by atoms with van der Waals surface area (Å²) in [5.74, 6) is -0.438. The minimum Gasteiger partial charge on any atom is -0.347 e. The molecule has 1 fully saturated rings. The maximum atomic E-state index is 14.3. The van der Waals surface area contributed by atoms with E-state index >= 15 is 0 Å². The van der Waals surface area contributed by atoms with Crippen molar-refractivity contribution < 1.29 is 13.6 Å². The summed E-state index contributed by atoms with van der Waals surface area (Å²) in [5, 5.41) is 8.78. The number of aromatic nitrogens is 3. The van der Waals surface area contributed by atoms with Crippen molar-refractivity contribution >= 4 is 23.2 Å². The molecule has 1 aromatic carbocycles. The number of carbonyl (C=O) groups excluding carboxylic acids is 1. The van der Waals surface area contributed by atoms with E-state index in [0.29, 0.717) is 23.4 Å². The molecule has 0 bridgehead atoms. The number of nitrogens with zero attached hydrogens (tertiary/aromatic N) is 4. The number of hydrazone groups is 1. The first kappa shape index (κ1) is 20.5. The number of halogens is 2. The molecule has 1 amide bonds. The Morgan fingerprint density at radius 2 is 2.06 bits per heavy atom. The van der Waals surface area contributed by atoms with Crippen LogP contribution in [0.1, 0.15) is 65.0 Å². The number of likely N-dealkylation sites (N-methyl/N-ethyl adjacent to an activating group) is 1. The SMILES string of the molecule is CN1CC(c2cc(F)cc(CNC(=O)c3ncc(F)c4nc(C5CCCC5)[nH]c34)c2)C=N1. The number of aromatic amines is 1. The van der Waals surface area contributed by atoms with Gasteiger partial charge >= 0.3 is 0 Å². The number of benzene rings is 1. The summed E-state index contributed by atoms with van der Waals surface area (Å²) in [6.45, 7) is 0.795. The summed E-state index contributed by atoms with van der Waals surface area (Å²) in [6, 6.07) is 4.74. The van der Waals surface area contributed by atoms with Crippen LogP contribution in [-0.4, -0.2) is 45.7 Å². The second kappa shape index (κ2) is 8.29. The first-order valence-corrected chi connectivity index (χ1v) is 10.8. The zero-order valence-corrected chi connectivity index (χ0v) is 17.7. The summed E-state index contributed by atoms with van der Waals surface area (Å²) in [4.78, 5) is 24.4. The average molecular weight is 438 g/mol. The van der Waals surface area contributed by atoms with Gasteiger partial charge in [-0.1, -0.05) is 18.9 Å². The summed E-state index contributed by atoms with van der Waals surface area (Å²) >= 11 is 0. The predicted octanol–water partition coefficient (Wildman–Crippen LogP) is 3.84. The summed E-state index contributed by atoms with van der Waals surface area (Å²) < 4.78 is 28.5. The van der Waals surface area contributed by atoms with Gasteiger partial charge in [-0.2, -0.15) is 5.10 Å². The van der Waals surface area contributed by atoms with Crippen molar-refractivity contribution in [1.82, 2.24) is 25.3 Å². The van der Waals surface area contributed by atoms with Crippen molar-refractivity contribution in [3.8, 4) is 0 Å². The van der Waals surface area contributed by atoms with Gasteiger partial charge in [0.15, 0.2) is 11.5 Å². The molecule has 3 heterocycles. The van der Waals surface area contributed by atoms with Crippen LogP contribution in [0.25, 0.3) is 11.0 Å². The second-order valence-corrected chi connectivity index (χ2v) is 8.57. The number of fused-ring (bicyclic) bond motifs is 1. The van der Waals surface area contributed by atoms with E-state index in [-0.39, 0.29) is 35.4 Å². The lowest BCUT2D eigenvalue weighted by Crippen LogP contribution is -2.24. The van der Waals surface area contributed by atoms with Gasteiger partial charge in [0.05, 0.1) is 6.20 Å². The van der Waals surface area contributed by atoms with Gasteiger partial charge in [-0.25, -0.2) is 18.7 Å². The molecule has 2 aromatic heterocycles. The third-order valence-corrected chi connectivity index (χ3v) is 6.21. The molecule has 32 heavy (non-hydrogen) atoms. The molecule has 2 N–H and O–H groups in total. The zero-order chi connectivity index (χ0) is 22.2. The van der Waals surface area contributed by atoms with E-state index in [4.69, 9.17) is 0 Å². The van der Waals surface area contributed by atoms with Gasteiger partial charge in [0, 0.05) is 38.2 Å². The minimum absolute atomic E-state index is 0.00235. The highest BCUT2D eigenvalue weighted by atomic mass is 19.1. The summed E-state index contributed by atoms with van der Waals surface area (Å²) in [5.41, 5.74) is 1.95. The standard InChI is InChI=1S/C23H24F2N6O/c1-31-12-16(10-28-31)15-6-13(7-17(24)8-15)9-27-23(32)21-20-19(18(25)11-26-21)29-22(30-20)14-4-2-3-5-14/h6-8,10-11,14,16H,2-5,9,12H2,1H3,(H,27,32)(H,29,30). The quantitative estimate of drug-likeness (QED) is 0.634. The minimum atomic E-state index is -0.560. The van der Waals surface area contributed by atoms with Crippen LogP contribution in [0.15, 0.2) is 29.5 Å². The Kier molecular flexibility index (Phi) is 5.32. The number of amides is 1. The van der Waals surface area contributed by atoms with E-state index in [9.17, 15) is 13.6 Å². The predicted molar refractivity (Wildman–Crippen MR) is 116 cm³/mol. The van der Waals surface area contributed by atoms with Crippen LogP contribution in [0.4, 0.5) is 8.78 Å². The van der Waals surface area contributed by atoms with Gasteiger partial charge < -0.3 is 10.3 Å². The maximum absolute atomic E-state index is 14.3. The van der Waals surface area contributed by atoms with Crippen LogP contribution < -0.4 is 5.32 Å². The first-order valence-electron chi connectivity index (χ1n) is 10.8. The van der Waals surface area contributed by atoms with Gasteiger partial charge in [-0.15, -0.1) is 0 Å². The lowest BCUT2D eigenvalue weighted by atomic mass is 9.98. The summed E-state index contributed by atoms with van der Waals surface area (Å²) in [7, 11) is 1.86. The molecule has 1 aliphatic heterocycles. The lowest BCUT2D eigenvalue weighted by Gasteiger charge is -2.13. The number of imidazole rings is 1. The Hall–Kier alpha value is -3.36. The Morgan fingerprint density at radius 1 is 1.25 bits per heavy atom. The van der Waals surface area contributed by atoms with Crippen molar-refractivity contribution in [3.63, 3.8) is 0 Å². The van der Waals surface area contributed by atoms with Crippen molar-refractivity contribution in [2.45, 2.75) is 44.1 Å². The number of pyridine rings is 1. The molecule has 0 spiro atoms. The molecule has 1 atom stereocenters. The molecule has 0 radical (unpaired) electrons. The van der Waals surface area contributed by atoms with E-state index in [1.165, 1.54) is 12.1 Å². The van der Waals surface area contributed by atoms with Crippen LogP contribution in [0, 0.1) is 11.6 Å². The highest BCUT2D eigenvalue weighted by molar-refractivity contribution is 6.03. The number of hydrogen-bond acceptors (Lipinski definition) is 5. The Bertz CT molecular complexity index is 1200. The number of carbonyl (C=O) groups is 1. The molecular formula is C23H24F2N6O. The van der Waals surface area contributed by atoms with Crippen molar-refractivity contribution in [3.05, 3.63) is 58.7 Å². The van der Waals surface area contributed by atoms with Crippen LogP contribution >= 0.6 is 0 Å². The van der Waals surface area contributed by atoms with Crippen LogP contribution in [0.5, 0.6) is 0 Å². The Morgan fingerprint density at radius 3 is 2.81 bits per heavy atom. The first-order chi connectivity index (χ1) is 15.5. The third-order valence-electron chi connectivity index (χ3n) is 6.21. The molecule has 166 valence electrons. The monoisotopic (exact) mass is 438 g/mol. The Balaban J connectivity index is 1.36. The highest BCUT2D eigenvalue weighted by Crippen LogP contribution is 2.34. The van der Waals surface area contributed by atoms with E-state index in [1.54, 1.807) is 11.2 Å². The van der Waals surface area contributed by atoms with Crippen molar-refractivity contribution in [2.75, 3.05) is 13.6 Å². The molecular weight excluding hydrogens is 414 g/mol. The fourth-order valence-electron chi connectivity index (χ4n) is 4.57. The number of nitrogens with one attached hydrogen (secondary N) is 2. The van der Waals surface area contributed by atoms with E-state index < -0.39 is 11.7 Å². The number of hydrogen-bond donors (Lipinski definition) is 2. The van der Waals surface area contributed by atoms with Crippen LogP contribution in [-0.2, 0) is 6.54 Å². The van der Waals surface area contributed by atoms with Crippen molar-refractivity contribution in [2.24, 2.45) is 5.10 Å². The van der Waals surface area contributed by atoms with E-state index in [0.717, 1.165) is 37.4 Å². The highest BCUT2D eigenvalue weighted by Gasteiger charge is 2.24. The van der Waals surface area contributed by atoms with Crippen molar-refractivity contribution in [1.29, 1.82) is 0 Å². The molecule has 1 aliphatic carbocycles. The van der Waals surface area contributed by atoms with Gasteiger partial charge in [0.25, 0.3) is 5.91 Å². The largest absolute Gasteiger partial charge is 0.347 e. The van der Waals surface area contributed by atoms with Gasteiger partial charge in [-0.05, 0) is 36.1 Å². The van der Waals surface area contributed by atoms with E-state index in [1.807, 2.05) is 13.1 Å². The molecule has 3 aromatic rings. The lowest BCUT2D eigenvalue weighted by molar-refractivity contribution is 0.0947. The third kappa shape index (κ3) is 3.94. The topological polar surface area (TPSA) is 86.3 Å². The number of H-pyrrole nitrogens is 1. The molecule has 0 saturated heterocycles. The fraction of sp³-hybridized carbons (Fsp3) is 0.391. The normalized spacial score (nSPS) is 18.7. The molecule has 9 heteroatoms. The molecule has 1 unspecified atom stereocenters. The smallest absolute Gasteiger partial charge is 0.272 e.